The Morgan fingerprint density at radius 3 is 2.79 bits per heavy atom. The van der Waals surface area contributed by atoms with Crippen LogP contribution < -0.4 is 4.90 Å². The first-order valence-corrected chi connectivity index (χ1v) is 7.15. The summed E-state index contributed by atoms with van der Waals surface area (Å²) in [4.78, 5) is 24.7. The molecule has 3 rings (SSSR count). The molecule has 1 aromatic carbocycles. The fraction of sp³-hybridized carbons (Fsp3) is 0.462. The highest BCUT2D eigenvalue weighted by Crippen LogP contribution is 2.41. The Morgan fingerprint density at radius 2 is 2.16 bits per heavy atom. The van der Waals surface area contributed by atoms with Crippen LogP contribution in [0.1, 0.15) is 24.8 Å². The third-order valence-electron chi connectivity index (χ3n) is 3.62. The molecule has 5 nitrogen and oxygen atoms in total. The molecule has 0 N–H and O–H groups in total. The summed E-state index contributed by atoms with van der Waals surface area (Å²) in [5, 5.41) is 11.2. The van der Waals surface area contributed by atoms with Gasteiger partial charge < -0.3 is 4.90 Å². The van der Waals surface area contributed by atoms with Gasteiger partial charge in [-0.15, -0.1) is 0 Å². The van der Waals surface area contributed by atoms with Gasteiger partial charge >= 0.3 is 0 Å². The maximum Gasteiger partial charge on any atom is 0.294 e. The number of hydrogen-bond acceptors (Lipinski definition) is 3. The number of carbonyl (C=O) groups excluding carboxylic acids is 1. The van der Waals surface area contributed by atoms with Crippen LogP contribution in [0.15, 0.2) is 16.6 Å². The Balaban J connectivity index is 2.10. The number of carbonyl (C=O) groups is 1. The van der Waals surface area contributed by atoms with E-state index in [9.17, 15) is 14.9 Å². The van der Waals surface area contributed by atoms with E-state index >= 15 is 0 Å². The van der Waals surface area contributed by atoms with Crippen LogP contribution >= 0.6 is 15.9 Å². The molecule has 1 saturated carbocycles. The van der Waals surface area contributed by atoms with Crippen LogP contribution in [0, 0.1) is 16.0 Å². The number of amides is 1. The van der Waals surface area contributed by atoms with E-state index in [4.69, 9.17) is 0 Å². The van der Waals surface area contributed by atoms with Gasteiger partial charge in [0.05, 0.1) is 4.92 Å². The Bertz CT molecular complexity index is 569. The Morgan fingerprint density at radius 1 is 1.42 bits per heavy atom. The second-order valence-electron chi connectivity index (χ2n) is 5.06. The van der Waals surface area contributed by atoms with Gasteiger partial charge in [0.25, 0.3) is 5.69 Å². The molecular weight excluding hydrogens is 312 g/mol. The Kier molecular flexibility index (Phi) is 3.05. The number of rotatable bonds is 2. The van der Waals surface area contributed by atoms with Crippen molar-refractivity contribution in [3.8, 4) is 0 Å². The van der Waals surface area contributed by atoms with Crippen LogP contribution in [0.5, 0.6) is 0 Å². The van der Waals surface area contributed by atoms with E-state index in [0.29, 0.717) is 16.7 Å². The predicted octanol–water partition coefficient (Wildman–Crippen LogP) is 3.05. The van der Waals surface area contributed by atoms with Crippen molar-refractivity contribution in [2.45, 2.75) is 25.7 Å². The van der Waals surface area contributed by atoms with Crippen LogP contribution in [0.25, 0.3) is 0 Å². The number of nitrogens with zero attached hydrogens (tertiary/aromatic N) is 2. The van der Waals surface area contributed by atoms with Crippen molar-refractivity contribution >= 4 is 33.2 Å². The molecule has 1 heterocycles. The zero-order valence-corrected chi connectivity index (χ0v) is 11.9. The summed E-state index contributed by atoms with van der Waals surface area (Å²) in [6.45, 7) is 0.588. The predicted molar refractivity (Wildman–Crippen MR) is 74.2 cm³/mol. The van der Waals surface area contributed by atoms with Gasteiger partial charge in [0.1, 0.15) is 5.69 Å². The number of benzene rings is 1. The molecule has 1 aromatic rings. The molecule has 0 radical (unpaired) electrons. The standard InChI is InChI=1S/C13H13BrN2O3/c14-10-6-9-2-1-5-15(13(17)8-3-4-8)12(9)11(7-10)16(18)19/h6-8H,1-5H2. The number of nitro benzene ring substituents is 1. The van der Waals surface area contributed by atoms with Crippen molar-refractivity contribution in [3.63, 3.8) is 0 Å². The van der Waals surface area contributed by atoms with E-state index < -0.39 is 4.92 Å². The number of aryl methyl sites for hydroxylation is 1. The molecule has 0 atom stereocenters. The minimum atomic E-state index is -0.401. The molecule has 0 aromatic heterocycles. The average molecular weight is 325 g/mol. The van der Waals surface area contributed by atoms with Crippen LogP contribution in [-0.2, 0) is 11.2 Å². The van der Waals surface area contributed by atoms with Crippen LogP contribution in [0.4, 0.5) is 11.4 Å². The van der Waals surface area contributed by atoms with Crippen LogP contribution in [-0.4, -0.2) is 17.4 Å². The molecule has 0 spiro atoms. The van der Waals surface area contributed by atoms with Crippen molar-refractivity contribution in [1.29, 1.82) is 0 Å². The smallest absolute Gasteiger partial charge is 0.294 e. The molecular formula is C13H13BrN2O3. The van der Waals surface area contributed by atoms with E-state index in [1.165, 1.54) is 6.07 Å². The highest BCUT2D eigenvalue weighted by Gasteiger charge is 2.38. The van der Waals surface area contributed by atoms with Gasteiger partial charge in [-0.05, 0) is 37.3 Å². The van der Waals surface area contributed by atoms with Gasteiger partial charge in [0.15, 0.2) is 0 Å². The lowest BCUT2D eigenvalue weighted by atomic mass is 10.00. The highest BCUT2D eigenvalue weighted by molar-refractivity contribution is 9.10. The zero-order chi connectivity index (χ0) is 13.6. The summed E-state index contributed by atoms with van der Waals surface area (Å²) in [6.07, 6.45) is 3.47. The van der Waals surface area contributed by atoms with Crippen molar-refractivity contribution in [3.05, 3.63) is 32.3 Å². The molecule has 1 fully saturated rings. The lowest BCUT2D eigenvalue weighted by molar-refractivity contribution is -0.384. The van der Waals surface area contributed by atoms with Gasteiger partial charge in [-0.1, -0.05) is 15.9 Å². The van der Waals surface area contributed by atoms with Crippen LogP contribution in [0.3, 0.4) is 0 Å². The van der Waals surface area contributed by atoms with E-state index in [0.717, 1.165) is 31.2 Å². The number of anilines is 1. The number of fused-ring (bicyclic) bond motifs is 1. The summed E-state index contributed by atoms with van der Waals surface area (Å²) >= 11 is 3.30. The Labute approximate surface area is 118 Å². The monoisotopic (exact) mass is 324 g/mol. The zero-order valence-electron chi connectivity index (χ0n) is 10.3. The summed E-state index contributed by atoms with van der Waals surface area (Å²) in [6, 6.07) is 3.37. The van der Waals surface area contributed by atoms with Gasteiger partial charge in [-0.2, -0.15) is 0 Å². The van der Waals surface area contributed by atoms with Crippen molar-refractivity contribution in [1.82, 2.24) is 0 Å². The third kappa shape index (κ3) is 2.25. The maximum absolute atomic E-state index is 12.3. The van der Waals surface area contributed by atoms with Gasteiger partial charge in [-0.3, -0.25) is 14.9 Å². The first-order valence-electron chi connectivity index (χ1n) is 6.36. The normalized spacial score (nSPS) is 18.1. The molecule has 19 heavy (non-hydrogen) atoms. The largest absolute Gasteiger partial charge is 0.306 e. The lowest BCUT2D eigenvalue weighted by Gasteiger charge is -2.29. The summed E-state index contributed by atoms with van der Waals surface area (Å²) < 4.78 is 0.693. The van der Waals surface area contributed by atoms with Gasteiger partial charge in [0.2, 0.25) is 5.91 Å². The fourth-order valence-corrected chi connectivity index (χ4v) is 3.08. The summed E-state index contributed by atoms with van der Waals surface area (Å²) in [7, 11) is 0. The quantitative estimate of drug-likeness (QED) is 0.620. The summed E-state index contributed by atoms with van der Waals surface area (Å²) in [5.41, 5.74) is 1.43. The van der Waals surface area contributed by atoms with Gasteiger partial charge in [-0.25, -0.2) is 0 Å². The van der Waals surface area contributed by atoms with E-state index in [2.05, 4.69) is 15.9 Å². The lowest BCUT2D eigenvalue weighted by Crippen LogP contribution is -2.37. The summed E-state index contributed by atoms with van der Waals surface area (Å²) in [5.74, 6) is 0.126. The third-order valence-corrected chi connectivity index (χ3v) is 4.08. The number of nitro groups is 1. The molecule has 1 aliphatic carbocycles. The van der Waals surface area contributed by atoms with E-state index in [-0.39, 0.29) is 17.5 Å². The Hall–Kier alpha value is -1.43. The topological polar surface area (TPSA) is 63.5 Å². The SMILES string of the molecule is O=C(C1CC1)N1CCCc2cc(Br)cc([N+](=O)[O-])c21. The van der Waals surface area contributed by atoms with Crippen molar-refractivity contribution in [2.24, 2.45) is 5.92 Å². The van der Waals surface area contributed by atoms with Crippen molar-refractivity contribution < 1.29 is 9.72 Å². The second-order valence-corrected chi connectivity index (χ2v) is 5.97. The molecule has 0 unspecified atom stereocenters. The highest BCUT2D eigenvalue weighted by atomic mass is 79.9. The molecule has 6 heteroatoms. The number of halogens is 1. The van der Waals surface area contributed by atoms with Crippen molar-refractivity contribution in [2.75, 3.05) is 11.4 Å². The first kappa shape index (κ1) is 12.6. The molecule has 2 aliphatic rings. The second kappa shape index (κ2) is 4.59. The first-order chi connectivity index (χ1) is 9.08. The molecule has 1 aliphatic heterocycles. The van der Waals surface area contributed by atoms with Gasteiger partial charge in [0, 0.05) is 23.0 Å². The van der Waals surface area contributed by atoms with E-state index in [1.807, 2.05) is 6.07 Å². The number of hydrogen-bond donors (Lipinski definition) is 0. The average Bonchev–Trinajstić information content (AvgIpc) is 3.20. The minimum absolute atomic E-state index is 0.0260. The van der Waals surface area contributed by atoms with Crippen LogP contribution in [0.2, 0.25) is 0 Å². The van der Waals surface area contributed by atoms with E-state index in [1.54, 1.807) is 4.90 Å². The molecule has 100 valence electrons. The fourth-order valence-electron chi connectivity index (χ4n) is 2.59. The molecule has 1 amide bonds. The molecule has 0 bridgehead atoms. The molecule has 0 saturated heterocycles. The maximum atomic E-state index is 12.3. The minimum Gasteiger partial charge on any atom is -0.306 e.